The summed E-state index contributed by atoms with van der Waals surface area (Å²) in [4.78, 5) is 26.3. The Morgan fingerprint density at radius 1 is 1.25 bits per heavy atom. The van der Waals surface area contributed by atoms with Crippen LogP contribution in [-0.2, 0) is 9.59 Å². The fourth-order valence-corrected chi connectivity index (χ4v) is 4.08. The van der Waals surface area contributed by atoms with Gasteiger partial charge in [-0.05, 0) is 37.1 Å². The first kappa shape index (κ1) is 20.1. The summed E-state index contributed by atoms with van der Waals surface area (Å²) < 4.78 is 6.11. The molecule has 1 N–H and O–H groups in total. The molecule has 3 rings (SSSR count). The molecular weight excluding hydrogens is 394 g/mol. The number of carboxylic acids is 1. The average molecular weight is 414 g/mol. The molecule has 0 radical (unpaired) electrons. The third kappa shape index (κ3) is 4.10. The summed E-state index contributed by atoms with van der Waals surface area (Å²) in [6, 6.07) is 14.6. The number of thioether (sulfide) groups is 1. The lowest BCUT2D eigenvalue weighted by Gasteiger charge is -2.17. The average Bonchev–Trinajstić information content (AvgIpc) is 2.94. The normalized spacial score (nSPS) is 16.5. The number of nitrogens with zero attached hydrogens (tertiary/aromatic N) is 1. The lowest BCUT2D eigenvalue weighted by atomic mass is 10.1. The van der Waals surface area contributed by atoms with Gasteiger partial charge in [0.15, 0.2) is 10.4 Å². The summed E-state index contributed by atoms with van der Waals surface area (Å²) in [7, 11) is 0. The molecule has 7 heteroatoms. The van der Waals surface area contributed by atoms with Crippen molar-refractivity contribution >= 4 is 51.9 Å². The van der Waals surface area contributed by atoms with Crippen LogP contribution in [0.2, 0.25) is 0 Å². The van der Waals surface area contributed by atoms with E-state index >= 15 is 0 Å². The molecular formula is C21H19NO4S2. The van der Waals surface area contributed by atoms with Crippen LogP contribution in [0.3, 0.4) is 0 Å². The number of rotatable bonds is 6. The van der Waals surface area contributed by atoms with Crippen molar-refractivity contribution in [2.75, 3.05) is 4.90 Å². The van der Waals surface area contributed by atoms with Crippen LogP contribution in [0.1, 0.15) is 24.5 Å². The molecule has 1 atom stereocenters. The van der Waals surface area contributed by atoms with Crippen LogP contribution < -0.4 is 9.64 Å². The molecule has 1 aliphatic heterocycles. The van der Waals surface area contributed by atoms with E-state index in [1.54, 1.807) is 31.2 Å². The first-order valence-electron chi connectivity index (χ1n) is 8.74. The highest BCUT2D eigenvalue weighted by Crippen LogP contribution is 2.38. The number of aliphatic carboxylic acids is 1. The van der Waals surface area contributed by atoms with E-state index in [0.29, 0.717) is 27.0 Å². The van der Waals surface area contributed by atoms with Crippen molar-refractivity contribution in [2.45, 2.75) is 26.4 Å². The van der Waals surface area contributed by atoms with Gasteiger partial charge in [0.2, 0.25) is 0 Å². The number of hydrogen-bond donors (Lipinski definition) is 1. The van der Waals surface area contributed by atoms with Crippen LogP contribution in [0.5, 0.6) is 5.75 Å². The standard InChI is InChI=1S/C21H19NO4S2/c1-3-16(20(24)25)26-17-11-7-5-9-14(17)12-18-19(23)22(21(27)28-18)15-10-6-4-8-13(15)2/h4-12,16H,3H2,1-2H3,(H,24,25)/b18-12+. The Hall–Kier alpha value is -2.64. The summed E-state index contributed by atoms with van der Waals surface area (Å²) in [5.41, 5.74) is 2.35. The SMILES string of the molecule is CCC(Oc1ccccc1/C=C1/SC(=S)N(c2ccccc2C)C1=O)C(=O)O. The van der Waals surface area contributed by atoms with Gasteiger partial charge in [0.25, 0.3) is 5.91 Å². The molecule has 144 valence electrons. The lowest BCUT2D eigenvalue weighted by Crippen LogP contribution is -2.28. The third-order valence-electron chi connectivity index (χ3n) is 4.27. The topological polar surface area (TPSA) is 66.8 Å². The number of amides is 1. The molecule has 0 aliphatic carbocycles. The van der Waals surface area contributed by atoms with E-state index in [2.05, 4.69) is 0 Å². The number of carboxylic acid groups (broad SMARTS) is 1. The van der Waals surface area contributed by atoms with Gasteiger partial charge in [-0.25, -0.2) is 4.79 Å². The van der Waals surface area contributed by atoms with Crippen molar-refractivity contribution in [1.29, 1.82) is 0 Å². The number of carbonyl (C=O) groups excluding carboxylic acids is 1. The minimum Gasteiger partial charge on any atom is -0.479 e. The van der Waals surface area contributed by atoms with Crippen LogP contribution in [-0.4, -0.2) is 27.4 Å². The van der Waals surface area contributed by atoms with Crippen molar-refractivity contribution in [1.82, 2.24) is 0 Å². The van der Waals surface area contributed by atoms with E-state index in [4.69, 9.17) is 17.0 Å². The van der Waals surface area contributed by atoms with Gasteiger partial charge in [-0.15, -0.1) is 0 Å². The van der Waals surface area contributed by atoms with Crippen LogP contribution in [0, 0.1) is 6.92 Å². The molecule has 2 aromatic rings. The van der Waals surface area contributed by atoms with E-state index in [1.165, 1.54) is 16.7 Å². The molecule has 1 unspecified atom stereocenters. The number of hydrogen-bond acceptors (Lipinski definition) is 5. The predicted octanol–water partition coefficient (Wildman–Crippen LogP) is 4.64. The van der Waals surface area contributed by atoms with Gasteiger partial charge in [0.05, 0.1) is 10.6 Å². The minimum atomic E-state index is -1.02. The maximum atomic E-state index is 13.0. The Morgan fingerprint density at radius 2 is 1.93 bits per heavy atom. The molecule has 0 bridgehead atoms. The monoisotopic (exact) mass is 413 g/mol. The maximum Gasteiger partial charge on any atom is 0.344 e. The number of anilines is 1. The first-order chi connectivity index (χ1) is 13.4. The molecule has 2 aromatic carbocycles. The fourth-order valence-electron chi connectivity index (χ4n) is 2.80. The van der Waals surface area contributed by atoms with Gasteiger partial charge in [-0.1, -0.05) is 67.3 Å². The highest BCUT2D eigenvalue weighted by molar-refractivity contribution is 8.27. The Morgan fingerprint density at radius 3 is 2.61 bits per heavy atom. The van der Waals surface area contributed by atoms with E-state index in [1.807, 2.05) is 37.3 Å². The smallest absolute Gasteiger partial charge is 0.344 e. The van der Waals surface area contributed by atoms with Crippen molar-refractivity contribution < 1.29 is 19.4 Å². The quantitative estimate of drug-likeness (QED) is 0.550. The zero-order valence-electron chi connectivity index (χ0n) is 15.4. The van der Waals surface area contributed by atoms with E-state index in [-0.39, 0.29) is 5.91 Å². The summed E-state index contributed by atoms with van der Waals surface area (Å²) in [6.45, 7) is 3.67. The zero-order valence-corrected chi connectivity index (χ0v) is 17.0. The van der Waals surface area contributed by atoms with Crippen molar-refractivity contribution in [3.8, 4) is 5.75 Å². The van der Waals surface area contributed by atoms with E-state index in [0.717, 1.165) is 11.3 Å². The summed E-state index contributed by atoms with van der Waals surface area (Å²) in [5.74, 6) is -0.814. The highest BCUT2D eigenvalue weighted by atomic mass is 32.2. The Balaban J connectivity index is 1.93. The first-order valence-corrected chi connectivity index (χ1v) is 9.97. The van der Waals surface area contributed by atoms with Gasteiger partial charge < -0.3 is 9.84 Å². The van der Waals surface area contributed by atoms with Crippen molar-refractivity contribution in [3.05, 3.63) is 64.6 Å². The van der Waals surface area contributed by atoms with Crippen molar-refractivity contribution in [3.63, 3.8) is 0 Å². The number of carbonyl (C=O) groups is 2. The molecule has 1 saturated heterocycles. The summed E-state index contributed by atoms with van der Waals surface area (Å²) in [6.07, 6.45) is 1.08. The van der Waals surface area contributed by atoms with Crippen LogP contribution in [0.25, 0.3) is 6.08 Å². The van der Waals surface area contributed by atoms with Gasteiger partial charge in [0.1, 0.15) is 5.75 Å². The minimum absolute atomic E-state index is 0.204. The largest absolute Gasteiger partial charge is 0.479 e. The van der Waals surface area contributed by atoms with E-state index in [9.17, 15) is 14.7 Å². The number of aryl methyl sites for hydroxylation is 1. The Kier molecular flexibility index (Phi) is 6.16. The van der Waals surface area contributed by atoms with Crippen LogP contribution in [0.4, 0.5) is 5.69 Å². The number of benzene rings is 2. The van der Waals surface area contributed by atoms with Gasteiger partial charge in [-0.3, -0.25) is 9.69 Å². The van der Waals surface area contributed by atoms with Crippen LogP contribution >= 0.6 is 24.0 Å². The second-order valence-corrected chi connectivity index (χ2v) is 7.87. The van der Waals surface area contributed by atoms with Gasteiger partial charge >= 0.3 is 5.97 Å². The molecule has 1 aliphatic rings. The van der Waals surface area contributed by atoms with Crippen LogP contribution in [0.15, 0.2) is 53.4 Å². The second-order valence-electron chi connectivity index (χ2n) is 6.19. The Labute approximate surface area is 173 Å². The van der Waals surface area contributed by atoms with Gasteiger partial charge in [0, 0.05) is 5.56 Å². The highest BCUT2D eigenvalue weighted by Gasteiger charge is 2.34. The molecule has 0 spiro atoms. The molecule has 28 heavy (non-hydrogen) atoms. The third-order valence-corrected chi connectivity index (χ3v) is 5.57. The van der Waals surface area contributed by atoms with E-state index < -0.39 is 12.1 Å². The predicted molar refractivity (Wildman–Crippen MR) is 116 cm³/mol. The van der Waals surface area contributed by atoms with Crippen molar-refractivity contribution in [2.24, 2.45) is 0 Å². The van der Waals surface area contributed by atoms with Gasteiger partial charge in [-0.2, -0.15) is 0 Å². The molecule has 5 nitrogen and oxygen atoms in total. The zero-order chi connectivity index (χ0) is 20.3. The number of thiocarbonyl (C=S) groups is 1. The maximum absolute atomic E-state index is 13.0. The molecule has 0 saturated carbocycles. The Bertz CT molecular complexity index is 970. The fraction of sp³-hybridized carbons (Fsp3) is 0.190. The number of ether oxygens (including phenoxy) is 1. The second kappa shape index (κ2) is 8.58. The molecule has 1 fully saturated rings. The lowest BCUT2D eigenvalue weighted by molar-refractivity contribution is -0.145. The molecule has 1 heterocycles. The summed E-state index contributed by atoms with van der Waals surface area (Å²) >= 11 is 6.64. The molecule has 0 aromatic heterocycles. The summed E-state index contributed by atoms with van der Waals surface area (Å²) in [5, 5.41) is 9.25. The number of para-hydroxylation sites is 2. The molecule has 1 amide bonds.